The van der Waals surface area contributed by atoms with Crippen LogP contribution in [0.25, 0.3) is 5.69 Å². The molecule has 0 saturated carbocycles. The second kappa shape index (κ2) is 4.73. The summed E-state index contributed by atoms with van der Waals surface area (Å²) in [7, 11) is 1.60. The Morgan fingerprint density at radius 1 is 1.47 bits per heavy atom. The molecule has 17 heavy (non-hydrogen) atoms. The van der Waals surface area contributed by atoms with Crippen molar-refractivity contribution in [2.45, 2.75) is 13.5 Å². The van der Waals surface area contributed by atoms with Gasteiger partial charge < -0.3 is 10.5 Å². The number of rotatable bonds is 3. The average molecular weight is 253 g/mol. The van der Waals surface area contributed by atoms with Crippen molar-refractivity contribution in [2.75, 3.05) is 7.11 Å². The van der Waals surface area contributed by atoms with E-state index in [-0.39, 0.29) is 0 Å². The van der Waals surface area contributed by atoms with Gasteiger partial charge >= 0.3 is 0 Å². The van der Waals surface area contributed by atoms with Gasteiger partial charge in [0, 0.05) is 5.02 Å². The predicted molar refractivity (Wildman–Crippen MR) is 65.5 cm³/mol. The van der Waals surface area contributed by atoms with Gasteiger partial charge in [0.15, 0.2) is 0 Å². The van der Waals surface area contributed by atoms with E-state index in [9.17, 15) is 0 Å². The van der Waals surface area contributed by atoms with Gasteiger partial charge in [-0.25, -0.2) is 9.67 Å². The van der Waals surface area contributed by atoms with Crippen molar-refractivity contribution in [3.05, 3.63) is 34.9 Å². The molecule has 0 aliphatic rings. The lowest BCUT2D eigenvalue weighted by molar-refractivity contribution is 0.411. The van der Waals surface area contributed by atoms with Gasteiger partial charge in [0.05, 0.1) is 13.7 Å². The second-order valence-electron chi connectivity index (χ2n) is 3.51. The van der Waals surface area contributed by atoms with Crippen LogP contribution in [0, 0.1) is 6.92 Å². The molecule has 1 aromatic heterocycles. The van der Waals surface area contributed by atoms with Crippen molar-refractivity contribution in [2.24, 2.45) is 5.73 Å². The summed E-state index contributed by atoms with van der Waals surface area (Å²) in [6.07, 6.45) is 0. The van der Waals surface area contributed by atoms with Crippen molar-refractivity contribution in [1.82, 2.24) is 14.8 Å². The predicted octanol–water partition coefficient (Wildman–Crippen LogP) is 1.70. The van der Waals surface area contributed by atoms with Gasteiger partial charge in [0.1, 0.15) is 23.1 Å². The Balaban J connectivity index is 2.61. The lowest BCUT2D eigenvalue weighted by atomic mass is 10.3. The normalized spacial score (nSPS) is 10.6. The summed E-state index contributed by atoms with van der Waals surface area (Å²) in [5.41, 5.74) is 6.37. The maximum absolute atomic E-state index is 5.98. The Kier molecular flexibility index (Phi) is 3.31. The van der Waals surface area contributed by atoms with Gasteiger partial charge in [-0.1, -0.05) is 11.6 Å². The Bertz CT molecular complexity index is 538. The Morgan fingerprint density at radius 2 is 2.24 bits per heavy atom. The maximum Gasteiger partial charge on any atom is 0.148 e. The molecule has 90 valence electrons. The third-order valence-electron chi connectivity index (χ3n) is 2.33. The molecule has 2 aromatic rings. The van der Waals surface area contributed by atoms with Crippen molar-refractivity contribution >= 4 is 11.6 Å². The summed E-state index contributed by atoms with van der Waals surface area (Å²) in [6, 6.07) is 5.32. The van der Waals surface area contributed by atoms with E-state index in [4.69, 9.17) is 22.1 Å². The topological polar surface area (TPSA) is 66.0 Å². The number of hydrogen-bond donors (Lipinski definition) is 1. The van der Waals surface area contributed by atoms with Crippen molar-refractivity contribution in [1.29, 1.82) is 0 Å². The van der Waals surface area contributed by atoms with E-state index in [1.165, 1.54) is 0 Å². The molecule has 0 fully saturated rings. The van der Waals surface area contributed by atoms with Gasteiger partial charge in [0.25, 0.3) is 0 Å². The molecule has 0 aliphatic heterocycles. The molecule has 0 bridgehead atoms. The van der Waals surface area contributed by atoms with Crippen molar-refractivity contribution in [3.63, 3.8) is 0 Å². The van der Waals surface area contributed by atoms with Crippen LogP contribution in [0.5, 0.6) is 5.75 Å². The van der Waals surface area contributed by atoms with E-state index in [2.05, 4.69) is 10.1 Å². The number of methoxy groups -OCH3 is 1. The molecule has 1 heterocycles. The molecule has 0 radical (unpaired) electrons. The van der Waals surface area contributed by atoms with Crippen molar-refractivity contribution < 1.29 is 4.74 Å². The van der Waals surface area contributed by atoms with Crippen LogP contribution < -0.4 is 10.5 Å². The SMILES string of the molecule is COc1ccc(Cl)cc1-n1nc(C)nc1CN. The quantitative estimate of drug-likeness (QED) is 0.903. The summed E-state index contributed by atoms with van der Waals surface area (Å²) in [4.78, 5) is 4.24. The first-order valence-corrected chi connectivity index (χ1v) is 5.50. The highest BCUT2D eigenvalue weighted by Gasteiger charge is 2.12. The summed E-state index contributed by atoms with van der Waals surface area (Å²) in [5, 5.41) is 4.90. The number of nitrogens with zero attached hydrogens (tertiary/aromatic N) is 3. The Morgan fingerprint density at radius 3 is 2.88 bits per heavy atom. The monoisotopic (exact) mass is 252 g/mol. The van der Waals surface area contributed by atoms with Crippen molar-refractivity contribution in [3.8, 4) is 11.4 Å². The molecule has 1 aromatic carbocycles. The number of benzene rings is 1. The van der Waals surface area contributed by atoms with E-state index < -0.39 is 0 Å². The fraction of sp³-hybridized carbons (Fsp3) is 0.273. The minimum absolute atomic E-state index is 0.302. The first kappa shape index (κ1) is 11.9. The van der Waals surface area contributed by atoms with Crippen LogP contribution in [0.4, 0.5) is 0 Å². The Labute approximate surface area is 104 Å². The van der Waals surface area contributed by atoms with Crippen LogP contribution in [0.3, 0.4) is 0 Å². The smallest absolute Gasteiger partial charge is 0.148 e. The van der Waals surface area contributed by atoms with Crippen LogP contribution in [-0.4, -0.2) is 21.9 Å². The number of halogens is 1. The highest BCUT2D eigenvalue weighted by atomic mass is 35.5. The first-order chi connectivity index (χ1) is 8.15. The zero-order chi connectivity index (χ0) is 12.4. The zero-order valence-corrected chi connectivity index (χ0v) is 10.4. The van der Waals surface area contributed by atoms with Crippen LogP contribution in [0.1, 0.15) is 11.6 Å². The minimum atomic E-state index is 0.302. The van der Waals surface area contributed by atoms with E-state index in [0.717, 1.165) is 5.69 Å². The molecular formula is C11H13ClN4O. The molecular weight excluding hydrogens is 240 g/mol. The van der Waals surface area contributed by atoms with Gasteiger partial charge in [-0.05, 0) is 25.1 Å². The van der Waals surface area contributed by atoms with Crippen LogP contribution in [0.15, 0.2) is 18.2 Å². The molecule has 0 unspecified atom stereocenters. The Hall–Kier alpha value is -1.59. The number of ether oxygens (including phenoxy) is 1. The maximum atomic E-state index is 5.98. The molecule has 6 heteroatoms. The number of aromatic nitrogens is 3. The van der Waals surface area contributed by atoms with Gasteiger partial charge in [0.2, 0.25) is 0 Å². The largest absolute Gasteiger partial charge is 0.494 e. The molecule has 0 spiro atoms. The lowest BCUT2D eigenvalue weighted by Gasteiger charge is -2.10. The van der Waals surface area contributed by atoms with E-state index in [0.29, 0.717) is 29.0 Å². The molecule has 2 N–H and O–H groups in total. The lowest BCUT2D eigenvalue weighted by Crippen LogP contribution is -2.09. The molecule has 0 amide bonds. The highest BCUT2D eigenvalue weighted by Crippen LogP contribution is 2.26. The molecule has 0 aliphatic carbocycles. The third kappa shape index (κ3) is 2.25. The van der Waals surface area contributed by atoms with E-state index in [1.807, 2.05) is 6.92 Å². The summed E-state index contributed by atoms with van der Waals surface area (Å²) in [6.45, 7) is 2.11. The van der Waals surface area contributed by atoms with Crippen LogP contribution in [-0.2, 0) is 6.54 Å². The van der Waals surface area contributed by atoms with Crippen LogP contribution >= 0.6 is 11.6 Å². The van der Waals surface area contributed by atoms with E-state index in [1.54, 1.807) is 30.0 Å². The van der Waals surface area contributed by atoms with Gasteiger partial charge in [-0.15, -0.1) is 0 Å². The fourth-order valence-electron chi connectivity index (χ4n) is 1.61. The van der Waals surface area contributed by atoms with Crippen LogP contribution in [0.2, 0.25) is 5.02 Å². The first-order valence-electron chi connectivity index (χ1n) is 5.12. The zero-order valence-electron chi connectivity index (χ0n) is 9.64. The minimum Gasteiger partial charge on any atom is -0.494 e. The number of hydrogen-bond acceptors (Lipinski definition) is 4. The molecule has 0 saturated heterocycles. The second-order valence-corrected chi connectivity index (χ2v) is 3.94. The number of aryl methyl sites for hydroxylation is 1. The number of nitrogens with two attached hydrogens (primary N) is 1. The van der Waals surface area contributed by atoms with E-state index >= 15 is 0 Å². The molecule has 0 atom stereocenters. The van der Waals surface area contributed by atoms with Gasteiger partial charge in [-0.3, -0.25) is 0 Å². The fourth-order valence-corrected chi connectivity index (χ4v) is 1.78. The summed E-state index contributed by atoms with van der Waals surface area (Å²) >= 11 is 5.98. The molecule has 2 rings (SSSR count). The standard InChI is InChI=1S/C11H13ClN4O/c1-7-14-11(6-13)16(15-7)9-5-8(12)3-4-10(9)17-2/h3-5H,6,13H2,1-2H3. The highest BCUT2D eigenvalue weighted by molar-refractivity contribution is 6.30. The third-order valence-corrected chi connectivity index (χ3v) is 2.57. The van der Waals surface area contributed by atoms with Gasteiger partial charge in [-0.2, -0.15) is 5.10 Å². The average Bonchev–Trinajstić information content (AvgIpc) is 2.70. The molecule has 5 nitrogen and oxygen atoms in total. The summed E-state index contributed by atoms with van der Waals surface area (Å²) in [5.74, 6) is 2.00. The summed E-state index contributed by atoms with van der Waals surface area (Å²) < 4.78 is 6.93.